The van der Waals surface area contributed by atoms with Crippen molar-refractivity contribution in [2.24, 2.45) is 0 Å². The van der Waals surface area contributed by atoms with E-state index < -0.39 is 0 Å². The molecule has 0 saturated heterocycles. The molecular weight excluding hydrogens is 474 g/mol. The zero-order valence-corrected chi connectivity index (χ0v) is 21.1. The van der Waals surface area contributed by atoms with E-state index in [1.165, 1.54) is 65.8 Å². The number of para-hydroxylation sites is 4. The van der Waals surface area contributed by atoms with E-state index in [2.05, 4.69) is 148 Å². The molecule has 39 heavy (non-hydrogen) atoms. The van der Waals surface area contributed by atoms with E-state index in [0.717, 1.165) is 11.0 Å². The van der Waals surface area contributed by atoms with Gasteiger partial charge in [-0.25, -0.2) is 0 Å². The Kier molecular flexibility index (Phi) is 4.05. The van der Waals surface area contributed by atoms with E-state index in [4.69, 9.17) is 0 Å². The number of H-pyrrole nitrogens is 1. The van der Waals surface area contributed by atoms with E-state index in [1.807, 2.05) is 0 Å². The smallest absolute Gasteiger partial charge is 0.0562 e. The van der Waals surface area contributed by atoms with E-state index in [9.17, 15) is 0 Å². The largest absolute Gasteiger partial charge is 0.354 e. The Balaban J connectivity index is 1.47. The zero-order chi connectivity index (χ0) is 25.5. The summed E-state index contributed by atoms with van der Waals surface area (Å²) in [5.74, 6) is 0. The number of aromatic nitrogens is 3. The van der Waals surface area contributed by atoms with Crippen LogP contribution in [0.4, 0.5) is 0 Å². The first kappa shape index (κ1) is 20.7. The Morgan fingerprint density at radius 1 is 0.359 bits per heavy atom. The Hall–Kier alpha value is -5.28. The van der Waals surface area contributed by atoms with Crippen molar-refractivity contribution in [2.45, 2.75) is 0 Å². The fourth-order valence-corrected chi connectivity index (χ4v) is 6.63. The van der Waals surface area contributed by atoms with Crippen LogP contribution < -0.4 is 0 Å². The van der Waals surface area contributed by atoms with Gasteiger partial charge in [-0.15, -0.1) is 0 Å². The van der Waals surface area contributed by atoms with E-state index in [-0.39, 0.29) is 0 Å². The molecule has 3 heteroatoms. The van der Waals surface area contributed by atoms with Gasteiger partial charge in [0.2, 0.25) is 0 Å². The molecule has 182 valence electrons. The minimum absolute atomic E-state index is 1.15. The molecule has 3 heterocycles. The highest BCUT2D eigenvalue weighted by Crippen LogP contribution is 2.42. The van der Waals surface area contributed by atoms with Crippen molar-refractivity contribution < 1.29 is 0 Å². The van der Waals surface area contributed by atoms with Gasteiger partial charge in [0.25, 0.3) is 0 Å². The van der Waals surface area contributed by atoms with Crippen molar-refractivity contribution >= 4 is 65.4 Å². The third-order valence-corrected chi connectivity index (χ3v) is 8.22. The predicted octanol–water partition coefficient (Wildman–Crippen LogP) is 9.52. The van der Waals surface area contributed by atoms with Crippen molar-refractivity contribution in [3.05, 3.63) is 133 Å². The fourth-order valence-electron chi connectivity index (χ4n) is 6.63. The maximum absolute atomic E-state index is 3.78. The third kappa shape index (κ3) is 2.76. The molecule has 0 amide bonds. The lowest BCUT2D eigenvalue weighted by Gasteiger charge is -2.07. The van der Waals surface area contributed by atoms with Crippen LogP contribution in [0.2, 0.25) is 0 Å². The number of nitrogens with one attached hydrogen (secondary N) is 1. The van der Waals surface area contributed by atoms with Gasteiger partial charge in [0.15, 0.2) is 0 Å². The van der Waals surface area contributed by atoms with Gasteiger partial charge in [-0.3, -0.25) is 0 Å². The maximum atomic E-state index is 3.78. The lowest BCUT2D eigenvalue weighted by atomic mass is 10.0. The summed E-state index contributed by atoms with van der Waals surface area (Å²) in [7, 11) is 0. The first-order valence-corrected chi connectivity index (χ1v) is 13.4. The van der Waals surface area contributed by atoms with Crippen molar-refractivity contribution in [1.29, 1.82) is 0 Å². The number of rotatable bonds is 2. The highest BCUT2D eigenvalue weighted by Gasteiger charge is 2.19. The molecule has 0 saturated carbocycles. The molecule has 0 atom stereocenters. The van der Waals surface area contributed by atoms with Crippen molar-refractivity contribution in [2.75, 3.05) is 0 Å². The molecule has 0 unspecified atom stereocenters. The Morgan fingerprint density at radius 2 is 0.949 bits per heavy atom. The summed E-state index contributed by atoms with van der Waals surface area (Å²) in [6, 6.07) is 48.1. The quantitative estimate of drug-likeness (QED) is 0.246. The van der Waals surface area contributed by atoms with Crippen LogP contribution in [0.25, 0.3) is 76.8 Å². The summed E-state index contributed by atoms with van der Waals surface area (Å²) in [5, 5.41) is 7.65. The van der Waals surface area contributed by atoms with Crippen molar-refractivity contribution in [1.82, 2.24) is 14.1 Å². The molecule has 9 aromatic rings. The van der Waals surface area contributed by atoms with Crippen LogP contribution >= 0.6 is 0 Å². The second-order valence-electron chi connectivity index (χ2n) is 10.3. The molecule has 0 aliphatic carbocycles. The standard InChI is InChI=1S/C36H23N3/c1-3-11-23(12-4-1)38-32-18-10-8-16-26(32)36-33(38)20-19-29-35(36)28-21-27-25-15-7-9-17-31(25)39(24-13-5-2-6-14-24)34(27)22-30(28)37-29/h1-22,37H. The number of benzene rings is 6. The first-order chi connectivity index (χ1) is 19.4. The number of nitrogens with zero attached hydrogens (tertiary/aromatic N) is 2. The molecule has 0 radical (unpaired) electrons. The SMILES string of the molecule is c1ccc(-n2c3ccccc3c3cc4c(cc32)[nH]c2ccc3c(c5ccccc5n3-c3ccccc3)c24)cc1. The van der Waals surface area contributed by atoms with Crippen LogP contribution in [0.15, 0.2) is 133 Å². The number of hydrogen-bond acceptors (Lipinski definition) is 0. The molecular formula is C36H23N3. The van der Waals surface area contributed by atoms with Crippen molar-refractivity contribution in [3.63, 3.8) is 0 Å². The molecule has 3 aromatic heterocycles. The summed E-state index contributed by atoms with van der Waals surface area (Å²) in [5.41, 5.74) is 9.55. The number of fused-ring (bicyclic) bond motifs is 10. The van der Waals surface area contributed by atoms with Crippen LogP contribution in [0.3, 0.4) is 0 Å². The predicted molar refractivity (Wildman–Crippen MR) is 164 cm³/mol. The molecule has 0 fully saturated rings. The normalized spacial score (nSPS) is 12.1. The van der Waals surface area contributed by atoms with Gasteiger partial charge in [0, 0.05) is 54.7 Å². The van der Waals surface area contributed by atoms with Crippen LogP contribution in [0.1, 0.15) is 0 Å². The molecule has 6 aromatic carbocycles. The molecule has 1 N–H and O–H groups in total. The second kappa shape index (κ2) is 7.62. The van der Waals surface area contributed by atoms with Crippen LogP contribution in [-0.4, -0.2) is 14.1 Å². The second-order valence-corrected chi connectivity index (χ2v) is 10.3. The van der Waals surface area contributed by atoms with Crippen LogP contribution in [0.5, 0.6) is 0 Å². The Bertz CT molecular complexity index is 2370. The van der Waals surface area contributed by atoms with E-state index in [0.29, 0.717) is 0 Å². The summed E-state index contributed by atoms with van der Waals surface area (Å²) in [4.78, 5) is 3.78. The minimum Gasteiger partial charge on any atom is -0.354 e. The third-order valence-electron chi connectivity index (χ3n) is 8.22. The topological polar surface area (TPSA) is 25.6 Å². The monoisotopic (exact) mass is 497 g/mol. The molecule has 0 aliphatic rings. The number of aromatic amines is 1. The zero-order valence-electron chi connectivity index (χ0n) is 21.1. The average Bonchev–Trinajstić information content (AvgIpc) is 3.64. The minimum atomic E-state index is 1.15. The van der Waals surface area contributed by atoms with Gasteiger partial charge in [0.1, 0.15) is 0 Å². The fraction of sp³-hybridized carbons (Fsp3) is 0. The van der Waals surface area contributed by atoms with Gasteiger partial charge >= 0.3 is 0 Å². The molecule has 0 aliphatic heterocycles. The summed E-state index contributed by atoms with van der Waals surface area (Å²) >= 11 is 0. The van der Waals surface area contributed by atoms with Crippen LogP contribution in [0, 0.1) is 0 Å². The number of hydrogen-bond donors (Lipinski definition) is 1. The lowest BCUT2D eigenvalue weighted by Crippen LogP contribution is -1.92. The molecule has 0 bridgehead atoms. The van der Waals surface area contributed by atoms with Gasteiger partial charge in [-0.2, -0.15) is 0 Å². The van der Waals surface area contributed by atoms with E-state index >= 15 is 0 Å². The Morgan fingerprint density at radius 3 is 1.67 bits per heavy atom. The maximum Gasteiger partial charge on any atom is 0.0562 e. The Labute approximate surface area is 224 Å². The van der Waals surface area contributed by atoms with Gasteiger partial charge in [-0.05, 0) is 60.7 Å². The van der Waals surface area contributed by atoms with Crippen molar-refractivity contribution in [3.8, 4) is 11.4 Å². The van der Waals surface area contributed by atoms with Gasteiger partial charge < -0.3 is 14.1 Å². The molecule has 0 spiro atoms. The first-order valence-electron chi connectivity index (χ1n) is 13.4. The van der Waals surface area contributed by atoms with E-state index in [1.54, 1.807) is 0 Å². The summed E-state index contributed by atoms with van der Waals surface area (Å²) < 4.78 is 4.77. The highest BCUT2D eigenvalue weighted by molar-refractivity contribution is 6.30. The average molecular weight is 498 g/mol. The molecule has 9 rings (SSSR count). The molecule has 3 nitrogen and oxygen atoms in total. The summed E-state index contributed by atoms with van der Waals surface area (Å²) in [6.45, 7) is 0. The van der Waals surface area contributed by atoms with Gasteiger partial charge in [-0.1, -0.05) is 72.8 Å². The van der Waals surface area contributed by atoms with Gasteiger partial charge in [0.05, 0.1) is 22.1 Å². The lowest BCUT2D eigenvalue weighted by molar-refractivity contribution is 1.18. The summed E-state index contributed by atoms with van der Waals surface area (Å²) in [6.07, 6.45) is 0. The van der Waals surface area contributed by atoms with Crippen LogP contribution in [-0.2, 0) is 0 Å². The highest BCUT2D eigenvalue weighted by atomic mass is 15.0.